The molecular weight excluding hydrogens is 268 g/mol. The van der Waals surface area contributed by atoms with Crippen molar-refractivity contribution in [2.75, 3.05) is 6.54 Å². The van der Waals surface area contributed by atoms with E-state index in [-0.39, 0.29) is 0 Å². The topological polar surface area (TPSA) is 89.9 Å². The summed E-state index contributed by atoms with van der Waals surface area (Å²) in [7, 11) is 0. The first-order valence-electron chi connectivity index (χ1n) is 5.94. The van der Waals surface area contributed by atoms with Gasteiger partial charge in [-0.1, -0.05) is 6.07 Å². The third kappa shape index (κ3) is 4.53. The van der Waals surface area contributed by atoms with Gasteiger partial charge in [0.25, 0.3) is 0 Å². The van der Waals surface area contributed by atoms with E-state index in [1.54, 1.807) is 0 Å². The van der Waals surface area contributed by atoms with Crippen LogP contribution in [-0.2, 0) is 11.3 Å². The largest absolute Gasteiger partial charge is 0.480 e. The minimum Gasteiger partial charge on any atom is -0.480 e. The van der Waals surface area contributed by atoms with Gasteiger partial charge in [-0.15, -0.1) is 11.3 Å². The van der Waals surface area contributed by atoms with E-state index in [1.165, 1.54) is 23.2 Å². The van der Waals surface area contributed by atoms with E-state index in [4.69, 9.17) is 5.11 Å². The maximum atomic E-state index is 12.0. The van der Waals surface area contributed by atoms with Gasteiger partial charge in [0.15, 0.2) is 6.04 Å². The highest BCUT2D eigenvalue weighted by Crippen LogP contribution is 2.12. The first kappa shape index (κ1) is 15.5. The lowest BCUT2D eigenvalue weighted by atomic mass is 10.2. The van der Waals surface area contributed by atoms with Crippen LogP contribution in [0, 0.1) is 0 Å². The van der Waals surface area contributed by atoms with Gasteiger partial charge < -0.3 is 20.4 Å². The maximum absolute atomic E-state index is 12.0. The predicted octanol–water partition coefficient (Wildman–Crippen LogP) is 1.11. The molecule has 3 N–H and O–H groups in total. The number of carbonyl (C=O) groups excluding carboxylic acids is 1. The van der Waals surface area contributed by atoms with E-state index in [9.17, 15) is 14.7 Å². The summed E-state index contributed by atoms with van der Waals surface area (Å²) in [4.78, 5) is 25.4. The molecule has 0 aliphatic rings. The second-order valence-electron chi connectivity index (χ2n) is 4.10. The highest BCUT2D eigenvalue weighted by atomic mass is 32.1. The Morgan fingerprint density at radius 3 is 2.63 bits per heavy atom. The van der Waals surface area contributed by atoms with E-state index >= 15 is 0 Å². The molecule has 7 heteroatoms. The zero-order valence-corrected chi connectivity index (χ0v) is 11.7. The number of carboxylic acid groups (broad SMARTS) is 1. The van der Waals surface area contributed by atoms with Crippen LogP contribution in [-0.4, -0.2) is 45.8 Å². The van der Waals surface area contributed by atoms with Gasteiger partial charge in [-0.3, -0.25) is 0 Å². The van der Waals surface area contributed by atoms with Crippen molar-refractivity contribution in [1.29, 1.82) is 0 Å². The smallest absolute Gasteiger partial charge is 0.328 e. The van der Waals surface area contributed by atoms with Crippen LogP contribution in [0.25, 0.3) is 0 Å². The third-order valence-electron chi connectivity index (χ3n) is 2.62. The van der Waals surface area contributed by atoms with E-state index in [2.05, 4.69) is 5.32 Å². The fourth-order valence-corrected chi connectivity index (χ4v) is 2.25. The number of carboxylic acids is 1. The number of hydrogen-bond donors (Lipinski definition) is 3. The van der Waals surface area contributed by atoms with Crippen LogP contribution < -0.4 is 5.32 Å². The molecule has 0 fully saturated rings. The summed E-state index contributed by atoms with van der Waals surface area (Å²) >= 11 is 1.53. The molecule has 0 aliphatic heterocycles. The van der Waals surface area contributed by atoms with Crippen molar-refractivity contribution < 1.29 is 19.8 Å². The molecule has 1 aromatic rings. The van der Waals surface area contributed by atoms with Crippen molar-refractivity contribution in [1.82, 2.24) is 10.2 Å². The van der Waals surface area contributed by atoms with Gasteiger partial charge in [0.2, 0.25) is 0 Å². The Kier molecular flexibility index (Phi) is 5.78. The summed E-state index contributed by atoms with van der Waals surface area (Å²) in [5, 5.41) is 22.5. The number of hydrogen-bond acceptors (Lipinski definition) is 4. The number of urea groups is 1. The lowest BCUT2D eigenvalue weighted by Crippen LogP contribution is -2.52. The lowest BCUT2D eigenvalue weighted by Gasteiger charge is -2.24. The summed E-state index contributed by atoms with van der Waals surface area (Å²) in [6.45, 7) is 4.02. The molecule has 19 heavy (non-hydrogen) atoms. The fraction of sp³-hybridized carbons (Fsp3) is 0.500. The van der Waals surface area contributed by atoms with E-state index in [1.807, 2.05) is 24.4 Å². The van der Waals surface area contributed by atoms with E-state index in [0.29, 0.717) is 13.1 Å². The first-order valence-corrected chi connectivity index (χ1v) is 6.82. The average Bonchev–Trinajstić information content (AvgIpc) is 2.84. The second-order valence-corrected chi connectivity index (χ2v) is 5.13. The molecule has 0 spiro atoms. The maximum Gasteiger partial charge on any atom is 0.328 e. The molecular formula is C12H18N2O4S. The summed E-state index contributed by atoms with van der Waals surface area (Å²) in [6, 6.07) is 2.00. The van der Waals surface area contributed by atoms with Gasteiger partial charge in [-0.25, -0.2) is 9.59 Å². The van der Waals surface area contributed by atoms with Crippen LogP contribution in [0.2, 0.25) is 0 Å². The highest BCUT2D eigenvalue weighted by molar-refractivity contribution is 7.09. The summed E-state index contributed by atoms with van der Waals surface area (Å²) < 4.78 is 0. The Morgan fingerprint density at radius 2 is 2.21 bits per heavy atom. The third-order valence-corrected chi connectivity index (χ3v) is 3.48. The average molecular weight is 286 g/mol. The van der Waals surface area contributed by atoms with Gasteiger partial charge in [0.05, 0.1) is 12.6 Å². The highest BCUT2D eigenvalue weighted by Gasteiger charge is 2.26. The Balaban J connectivity index is 2.65. The SMILES string of the molecule is CCN(Cc1cccs1)C(=O)N[C@H](C(=O)O)[C@@H](C)O. The molecule has 1 rings (SSSR count). The fourth-order valence-electron chi connectivity index (χ4n) is 1.53. The second kappa shape index (κ2) is 7.10. The monoisotopic (exact) mass is 286 g/mol. The van der Waals surface area contributed by atoms with Crippen LogP contribution in [0.4, 0.5) is 4.79 Å². The van der Waals surface area contributed by atoms with E-state index in [0.717, 1.165) is 4.88 Å². The number of aliphatic hydroxyl groups excluding tert-OH is 1. The zero-order valence-electron chi connectivity index (χ0n) is 10.9. The van der Waals surface area contributed by atoms with Gasteiger partial charge in [-0.2, -0.15) is 0 Å². The number of amides is 2. The van der Waals surface area contributed by atoms with Crippen molar-refractivity contribution >= 4 is 23.3 Å². The van der Waals surface area contributed by atoms with Gasteiger partial charge >= 0.3 is 12.0 Å². The van der Waals surface area contributed by atoms with Gasteiger partial charge in [0, 0.05) is 11.4 Å². The van der Waals surface area contributed by atoms with Crippen molar-refractivity contribution in [2.24, 2.45) is 0 Å². The minimum atomic E-state index is -1.30. The van der Waals surface area contributed by atoms with Crippen LogP contribution >= 0.6 is 11.3 Å². The van der Waals surface area contributed by atoms with Crippen molar-refractivity contribution in [3.8, 4) is 0 Å². The van der Waals surface area contributed by atoms with Crippen LogP contribution in [0.1, 0.15) is 18.7 Å². The summed E-state index contributed by atoms with van der Waals surface area (Å²) in [5.74, 6) is -1.25. The summed E-state index contributed by atoms with van der Waals surface area (Å²) in [6.07, 6.45) is -1.15. The Hall–Kier alpha value is -1.60. The molecule has 0 saturated heterocycles. The first-order chi connectivity index (χ1) is 8.95. The Bertz CT molecular complexity index is 419. The molecule has 0 bridgehead atoms. The summed E-state index contributed by atoms with van der Waals surface area (Å²) in [5.41, 5.74) is 0. The number of nitrogens with zero attached hydrogens (tertiary/aromatic N) is 1. The quantitative estimate of drug-likeness (QED) is 0.731. The normalized spacial score (nSPS) is 13.6. The number of aliphatic carboxylic acids is 1. The van der Waals surface area contributed by atoms with Crippen LogP contribution in [0.5, 0.6) is 0 Å². The molecule has 6 nitrogen and oxygen atoms in total. The lowest BCUT2D eigenvalue weighted by molar-refractivity contribution is -0.141. The van der Waals surface area contributed by atoms with Gasteiger partial charge in [0.1, 0.15) is 0 Å². The number of carbonyl (C=O) groups is 2. The number of rotatable bonds is 6. The number of thiophene rings is 1. The zero-order chi connectivity index (χ0) is 14.4. The van der Waals surface area contributed by atoms with Gasteiger partial charge in [-0.05, 0) is 25.3 Å². The molecule has 0 aromatic carbocycles. The van der Waals surface area contributed by atoms with Crippen molar-refractivity contribution in [3.63, 3.8) is 0 Å². The van der Waals surface area contributed by atoms with E-state index < -0.39 is 24.1 Å². The molecule has 0 radical (unpaired) electrons. The molecule has 1 heterocycles. The molecule has 106 valence electrons. The molecule has 1 aromatic heterocycles. The number of nitrogens with one attached hydrogen (secondary N) is 1. The molecule has 0 unspecified atom stereocenters. The molecule has 2 atom stereocenters. The Labute approximate surface area is 115 Å². The molecule has 2 amide bonds. The molecule has 0 aliphatic carbocycles. The predicted molar refractivity (Wildman–Crippen MR) is 72.0 cm³/mol. The minimum absolute atomic E-state index is 0.423. The van der Waals surface area contributed by atoms with Crippen molar-refractivity contribution in [2.45, 2.75) is 32.5 Å². The van der Waals surface area contributed by atoms with Crippen LogP contribution in [0.15, 0.2) is 17.5 Å². The number of aliphatic hydroxyl groups is 1. The van der Waals surface area contributed by atoms with Crippen LogP contribution in [0.3, 0.4) is 0 Å². The van der Waals surface area contributed by atoms with Crippen molar-refractivity contribution in [3.05, 3.63) is 22.4 Å². The standard InChI is InChI=1S/C12H18N2O4S/c1-3-14(7-9-5-4-6-19-9)12(18)13-10(8(2)15)11(16)17/h4-6,8,10,15H,3,7H2,1-2H3,(H,13,18)(H,16,17)/t8-,10+/m1/s1. The molecule has 0 saturated carbocycles. The Morgan fingerprint density at radius 1 is 1.53 bits per heavy atom.